The molecular weight excluding hydrogens is 430 g/mol. The summed E-state index contributed by atoms with van der Waals surface area (Å²) in [5.41, 5.74) is 1.56. The molecule has 1 heterocycles. The van der Waals surface area contributed by atoms with Gasteiger partial charge >= 0.3 is 0 Å². The van der Waals surface area contributed by atoms with Gasteiger partial charge in [-0.1, -0.05) is 23.8 Å². The fourth-order valence-electron chi connectivity index (χ4n) is 3.57. The number of aryl methyl sites for hydroxylation is 1. The number of amides is 2. The molecule has 9 heteroatoms. The molecule has 1 fully saturated rings. The van der Waals surface area contributed by atoms with Gasteiger partial charge in [0, 0.05) is 30.8 Å². The molecule has 32 heavy (non-hydrogen) atoms. The molecule has 0 radical (unpaired) electrons. The maximum atomic E-state index is 12.8. The van der Waals surface area contributed by atoms with Gasteiger partial charge in [0.15, 0.2) is 0 Å². The Hall–Kier alpha value is -2.91. The van der Waals surface area contributed by atoms with E-state index >= 15 is 0 Å². The smallest absolute Gasteiger partial charge is 0.246 e. The minimum atomic E-state index is -3.58. The molecule has 2 amide bonds. The summed E-state index contributed by atoms with van der Waals surface area (Å²) in [6, 6.07) is 13.0. The van der Waals surface area contributed by atoms with Crippen molar-refractivity contribution in [2.75, 3.05) is 25.5 Å². The molecule has 1 atom stereocenters. The first kappa shape index (κ1) is 23.7. The Bertz CT molecular complexity index is 1060. The van der Waals surface area contributed by atoms with Crippen molar-refractivity contribution in [1.82, 2.24) is 9.62 Å². The lowest BCUT2D eigenvalue weighted by Gasteiger charge is -2.31. The van der Waals surface area contributed by atoms with Crippen molar-refractivity contribution in [1.29, 1.82) is 0 Å². The lowest BCUT2D eigenvalue weighted by Crippen LogP contribution is -2.47. The number of nitrogens with zero attached hydrogens (tertiary/aromatic N) is 1. The molecular formula is C23H29N3O5S. The summed E-state index contributed by atoms with van der Waals surface area (Å²) in [5.74, 6) is -0.310. The molecule has 1 saturated heterocycles. The molecule has 1 aliphatic rings. The van der Waals surface area contributed by atoms with Crippen molar-refractivity contribution in [3.8, 4) is 5.75 Å². The summed E-state index contributed by atoms with van der Waals surface area (Å²) in [4.78, 5) is 25.3. The van der Waals surface area contributed by atoms with Crippen LogP contribution < -0.4 is 15.4 Å². The maximum Gasteiger partial charge on any atom is 0.246 e. The van der Waals surface area contributed by atoms with Gasteiger partial charge in [-0.05, 0) is 51.0 Å². The van der Waals surface area contributed by atoms with Crippen LogP contribution in [0.2, 0.25) is 0 Å². The molecule has 0 bridgehead atoms. The van der Waals surface area contributed by atoms with Gasteiger partial charge in [0.05, 0.1) is 12.0 Å². The van der Waals surface area contributed by atoms with E-state index in [1.54, 1.807) is 62.6 Å². The van der Waals surface area contributed by atoms with Gasteiger partial charge in [0.2, 0.25) is 21.8 Å². The zero-order valence-electron chi connectivity index (χ0n) is 18.5. The number of sulfonamides is 1. The minimum absolute atomic E-state index is 0.245. The first-order chi connectivity index (χ1) is 15.2. The van der Waals surface area contributed by atoms with Crippen molar-refractivity contribution in [3.05, 3.63) is 54.1 Å². The number of nitrogens with one attached hydrogen (secondary N) is 2. The summed E-state index contributed by atoms with van der Waals surface area (Å²) >= 11 is 0. The second-order valence-electron chi connectivity index (χ2n) is 7.94. The molecule has 0 spiro atoms. The minimum Gasteiger partial charge on any atom is -0.497 e. The first-order valence-corrected chi connectivity index (χ1v) is 12.0. The number of piperidine rings is 1. The standard InChI is InChI=1S/C23H29N3O5S/c1-16-7-9-21(10-8-16)32(29,30)26-13-11-18(12-14-26)23(28)24-17(2)22(27)25-19-5-4-6-20(15-19)31-3/h4-10,15,17-18H,11-14H2,1-3H3,(H,24,28)(H,25,27)/t17-/m1/s1. The Morgan fingerprint density at radius 3 is 2.38 bits per heavy atom. The number of ether oxygens (including phenoxy) is 1. The number of hydrogen-bond donors (Lipinski definition) is 2. The molecule has 2 aromatic rings. The predicted molar refractivity (Wildman–Crippen MR) is 122 cm³/mol. The van der Waals surface area contributed by atoms with Gasteiger partial charge in [-0.2, -0.15) is 4.31 Å². The van der Waals surface area contributed by atoms with Crippen molar-refractivity contribution in [3.63, 3.8) is 0 Å². The van der Waals surface area contributed by atoms with Crippen LogP contribution in [0.15, 0.2) is 53.4 Å². The van der Waals surface area contributed by atoms with E-state index < -0.39 is 16.1 Å². The topological polar surface area (TPSA) is 105 Å². The fourth-order valence-corrected chi connectivity index (χ4v) is 5.04. The Morgan fingerprint density at radius 1 is 1.09 bits per heavy atom. The van der Waals surface area contributed by atoms with Crippen LogP contribution in [0, 0.1) is 12.8 Å². The molecule has 3 rings (SSSR count). The largest absolute Gasteiger partial charge is 0.497 e. The number of rotatable bonds is 7. The van der Waals surface area contributed by atoms with Crippen LogP contribution >= 0.6 is 0 Å². The summed E-state index contributed by atoms with van der Waals surface area (Å²) in [6.45, 7) is 4.04. The van der Waals surface area contributed by atoms with Crippen LogP contribution in [0.1, 0.15) is 25.3 Å². The van der Waals surface area contributed by atoms with Crippen LogP contribution in [0.4, 0.5) is 5.69 Å². The fraction of sp³-hybridized carbons (Fsp3) is 0.391. The Labute approximate surface area is 189 Å². The van der Waals surface area contributed by atoms with Crippen LogP contribution in [0.5, 0.6) is 5.75 Å². The third-order valence-electron chi connectivity index (χ3n) is 5.57. The zero-order valence-corrected chi connectivity index (χ0v) is 19.3. The molecule has 1 aliphatic heterocycles. The third-order valence-corrected chi connectivity index (χ3v) is 7.49. The van der Waals surface area contributed by atoms with E-state index in [0.717, 1.165) is 5.56 Å². The highest BCUT2D eigenvalue weighted by molar-refractivity contribution is 7.89. The number of benzene rings is 2. The van der Waals surface area contributed by atoms with Gasteiger partial charge in [-0.25, -0.2) is 8.42 Å². The van der Waals surface area contributed by atoms with Crippen LogP contribution in [-0.4, -0.2) is 50.8 Å². The zero-order chi connectivity index (χ0) is 23.3. The quantitative estimate of drug-likeness (QED) is 0.662. The van der Waals surface area contributed by atoms with Gasteiger partial charge < -0.3 is 15.4 Å². The lowest BCUT2D eigenvalue weighted by atomic mass is 9.97. The Balaban J connectivity index is 1.52. The summed E-state index contributed by atoms with van der Waals surface area (Å²) in [5, 5.41) is 5.49. The Kier molecular flexibility index (Phi) is 7.52. The van der Waals surface area contributed by atoms with Crippen molar-refractivity contribution in [2.24, 2.45) is 5.92 Å². The van der Waals surface area contributed by atoms with E-state index in [0.29, 0.717) is 24.3 Å². The van der Waals surface area contributed by atoms with Gasteiger partial charge in [-0.15, -0.1) is 0 Å². The number of methoxy groups -OCH3 is 1. The van der Waals surface area contributed by atoms with Crippen molar-refractivity contribution in [2.45, 2.75) is 37.6 Å². The third kappa shape index (κ3) is 5.66. The van der Waals surface area contributed by atoms with Gasteiger partial charge in [-0.3, -0.25) is 9.59 Å². The molecule has 0 aliphatic carbocycles. The van der Waals surface area contributed by atoms with E-state index in [-0.39, 0.29) is 35.7 Å². The van der Waals surface area contributed by atoms with Gasteiger partial charge in [0.1, 0.15) is 11.8 Å². The molecule has 0 unspecified atom stereocenters. The summed E-state index contributed by atoms with van der Waals surface area (Å²) in [7, 11) is -2.03. The molecule has 0 aromatic heterocycles. The highest BCUT2D eigenvalue weighted by atomic mass is 32.2. The number of anilines is 1. The average Bonchev–Trinajstić information content (AvgIpc) is 2.79. The van der Waals surface area contributed by atoms with E-state index in [4.69, 9.17) is 4.74 Å². The van der Waals surface area contributed by atoms with E-state index in [1.165, 1.54) is 4.31 Å². The normalized spacial score (nSPS) is 16.2. The molecule has 8 nitrogen and oxygen atoms in total. The predicted octanol–water partition coefficient (Wildman–Crippen LogP) is 2.55. The number of carbonyl (C=O) groups is 2. The lowest BCUT2D eigenvalue weighted by molar-refractivity contribution is -0.129. The number of carbonyl (C=O) groups excluding carboxylic acids is 2. The molecule has 0 saturated carbocycles. The highest BCUT2D eigenvalue weighted by Gasteiger charge is 2.32. The van der Waals surface area contributed by atoms with E-state index in [1.807, 2.05) is 6.92 Å². The van der Waals surface area contributed by atoms with Crippen LogP contribution in [-0.2, 0) is 19.6 Å². The molecule has 2 N–H and O–H groups in total. The van der Waals surface area contributed by atoms with Crippen molar-refractivity contribution >= 4 is 27.5 Å². The first-order valence-electron chi connectivity index (χ1n) is 10.5. The van der Waals surface area contributed by atoms with Crippen LogP contribution in [0.25, 0.3) is 0 Å². The average molecular weight is 460 g/mol. The highest BCUT2D eigenvalue weighted by Crippen LogP contribution is 2.24. The number of hydrogen-bond acceptors (Lipinski definition) is 5. The van der Waals surface area contributed by atoms with Crippen molar-refractivity contribution < 1.29 is 22.7 Å². The molecule has 2 aromatic carbocycles. The SMILES string of the molecule is COc1cccc(NC(=O)[C@@H](C)NC(=O)C2CCN(S(=O)(=O)c3ccc(C)cc3)CC2)c1. The van der Waals surface area contributed by atoms with Crippen LogP contribution in [0.3, 0.4) is 0 Å². The van der Waals surface area contributed by atoms with E-state index in [2.05, 4.69) is 10.6 Å². The van der Waals surface area contributed by atoms with E-state index in [9.17, 15) is 18.0 Å². The monoisotopic (exact) mass is 459 g/mol. The summed E-state index contributed by atoms with van der Waals surface area (Å²) < 4.78 is 32.2. The second-order valence-corrected chi connectivity index (χ2v) is 9.88. The van der Waals surface area contributed by atoms with Gasteiger partial charge in [0.25, 0.3) is 0 Å². The second kappa shape index (κ2) is 10.1. The maximum absolute atomic E-state index is 12.8. The molecule has 172 valence electrons. The summed E-state index contributed by atoms with van der Waals surface area (Å²) in [6.07, 6.45) is 0.808. The Morgan fingerprint density at radius 2 is 1.75 bits per heavy atom.